The number of rotatable bonds is 6. The number of hydrogen-bond donors (Lipinski definition) is 0. The van der Waals surface area contributed by atoms with Crippen molar-refractivity contribution in [3.05, 3.63) is 86.6 Å². The molecule has 0 saturated heterocycles. The first-order valence-electron chi connectivity index (χ1n) is 9.52. The SMILES string of the molecule is COC(=O)C1=C(C)N([C@H](C)c2ccccc2)C(=O)/C1=C\c1ccc(OC)c([N+](=O)[O-])c1. The average Bonchev–Trinajstić information content (AvgIpc) is 3.02. The Kier molecular flexibility index (Phi) is 6.20. The molecule has 2 aromatic rings. The molecule has 1 amide bonds. The fraction of sp³-hybridized carbons (Fsp3) is 0.217. The molecule has 0 N–H and O–H groups in total. The van der Waals surface area contributed by atoms with E-state index in [9.17, 15) is 19.7 Å². The predicted molar refractivity (Wildman–Crippen MR) is 114 cm³/mol. The highest BCUT2D eigenvalue weighted by atomic mass is 16.6. The van der Waals surface area contributed by atoms with Gasteiger partial charge in [0.15, 0.2) is 5.75 Å². The third-order valence-electron chi connectivity index (χ3n) is 5.21. The molecular weight excluding hydrogens is 400 g/mol. The van der Waals surface area contributed by atoms with Gasteiger partial charge in [-0.3, -0.25) is 14.9 Å². The zero-order valence-electron chi connectivity index (χ0n) is 17.6. The molecule has 3 rings (SSSR count). The van der Waals surface area contributed by atoms with Gasteiger partial charge < -0.3 is 14.4 Å². The standard InChI is InChI=1S/C23H22N2O6/c1-14(17-8-6-5-7-9-17)24-15(2)21(23(27)31-4)18(22(24)26)12-16-10-11-20(30-3)19(13-16)25(28)29/h5-14H,1-4H3/b18-12-/t14-/m1/s1. The van der Waals surface area contributed by atoms with Crippen LogP contribution in [-0.4, -0.2) is 35.9 Å². The lowest BCUT2D eigenvalue weighted by Gasteiger charge is -2.26. The summed E-state index contributed by atoms with van der Waals surface area (Å²) < 4.78 is 9.93. The molecule has 1 aliphatic rings. The van der Waals surface area contributed by atoms with Crippen LogP contribution >= 0.6 is 0 Å². The van der Waals surface area contributed by atoms with E-state index in [0.717, 1.165) is 5.56 Å². The van der Waals surface area contributed by atoms with Crippen molar-refractivity contribution in [2.75, 3.05) is 14.2 Å². The van der Waals surface area contributed by atoms with Crippen LogP contribution in [0.2, 0.25) is 0 Å². The lowest BCUT2D eigenvalue weighted by molar-refractivity contribution is -0.385. The minimum absolute atomic E-state index is 0.101. The maximum Gasteiger partial charge on any atom is 0.340 e. The first-order valence-corrected chi connectivity index (χ1v) is 9.52. The molecule has 0 bridgehead atoms. The predicted octanol–water partition coefficient (Wildman–Crippen LogP) is 4.04. The zero-order chi connectivity index (χ0) is 22.7. The maximum absolute atomic E-state index is 13.4. The molecule has 1 atom stereocenters. The van der Waals surface area contributed by atoms with Gasteiger partial charge in [0, 0.05) is 11.8 Å². The molecule has 31 heavy (non-hydrogen) atoms. The van der Waals surface area contributed by atoms with E-state index < -0.39 is 10.9 Å². The number of amides is 1. The quantitative estimate of drug-likeness (QED) is 0.302. The van der Waals surface area contributed by atoms with Crippen LogP contribution < -0.4 is 4.74 Å². The number of nitro groups is 1. The minimum Gasteiger partial charge on any atom is -0.490 e. The second-order valence-corrected chi connectivity index (χ2v) is 6.96. The monoisotopic (exact) mass is 422 g/mol. The van der Waals surface area contributed by atoms with Gasteiger partial charge in [0.25, 0.3) is 5.91 Å². The summed E-state index contributed by atoms with van der Waals surface area (Å²) in [5.74, 6) is -0.931. The van der Waals surface area contributed by atoms with Crippen LogP contribution in [0.4, 0.5) is 5.69 Å². The number of hydrogen-bond acceptors (Lipinski definition) is 6. The zero-order valence-corrected chi connectivity index (χ0v) is 17.6. The van der Waals surface area contributed by atoms with E-state index in [2.05, 4.69) is 0 Å². The Morgan fingerprint density at radius 1 is 1.16 bits per heavy atom. The summed E-state index contributed by atoms with van der Waals surface area (Å²) in [5.41, 5.74) is 1.76. The molecule has 8 nitrogen and oxygen atoms in total. The summed E-state index contributed by atoms with van der Waals surface area (Å²) in [6.07, 6.45) is 1.46. The van der Waals surface area contributed by atoms with Gasteiger partial charge in [-0.05, 0) is 37.1 Å². The second kappa shape index (κ2) is 8.83. The highest BCUT2D eigenvalue weighted by Crippen LogP contribution is 2.38. The molecular formula is C23H22N2O6. The third-order valence-corrected chi connectivity index (χ3v) is 5.21. The van der Waals surface area contributed by atoms with E-state index in [-0.39, 0.29) is 34.5 Å². The van der Waals surface area contributed by atoms with Gasteiger partial charge in [-0.1, -0.05) is 36.4 Å². The van der Waals surface area contributed by atoms with Gasteiger partial charge in [0.05, 0.1) is 36.3 Å². The summed E-state index contributed by atoms with van der Waals surface area (Å²) in [4.78, 5) is 38.2. The van der Waals surface area contributed by atoms with E-state index in [0.29, 0.717) is 11.3 Å². The minimum atomic E-state index is -0.650. The van der Waals surface area contributed by atoms with Gasteiger partial charge in [-0.25, -0.2) is 4.79 Å². The molecule has 0 unspecified atom stereocenters. The molecule has 1 heterocycles. The van der Waals surface area contributed by atoms with Crippen molar-refractivity contribution in [1.82, 2.24) is 4.90 Å². The van der Waals surface area contributed by atoms with Crippen LogP contribution in [0.1, 0.15) is 31.0 Å². The van der Waals surface area contributed by atoms with Crippen molar-refractivity contribution in [1.29, 1.82) is 0 Å². The van der Waals surface area contributed by atoms with E-state index >= 15 is 0 Å². The smallest absolute Gasteiger partial charge is 0.340 e. The van der Waals surface area contributed by atoms with Gasteiger partial charge in [-0.15, -0.1) is 0 Å². The van der Waals surface area contributed by atoms with Gasteiger partial charge in [0.2, 0.25) is 0 Å². The number of nitro benzene ring substituents is 1. The highest BCUT2D eigenvalue weighted by Gasteiger charge is 2.39. The molecule has 1 aliphatic heterocycles. The van der Waals surface area contributed by atoms with E-state index in [1.54, 1.807) is 13.0 Å². The molecule has 0 saturated carbocycles. The van der Waals surface area contributed by atoms with E-state index in [1.807, 2.05) is 37.3 Å². The summed E-state index contributed by atoms with van der Waals surface area (Å²) in [5, 5.41) is 11.3. The van der Waals surface area contributed by atoms with Crippen molar-refractivity contribution < 1.29 is 24.0 Å². The Morgan fingerprint density at radius 3 is 2.42 bits per heavy atom. The molecule has 8 heteroatoms. The summed E-state index contributed by atoms with van der Waals surface area (Å²) >= 11 is 0. The Bertz CT molecular complexity index is 1100. The van der Waals surface area contributed by atoms with E-state index in [4.69, 9.17) is 9.47 Å². The fourth-order valence-electron chi connectivity index (χ4n) is 3.65. The topological polar surface area (TPSA) is 99.0 Å². The fourth-order valence-corrected chi connectivity index (χ4v) is 3.65. The van der Waals surface area contributed by atoms with Crippen LogP contribution in [0.3, 0.4) is 0 Å². The Balaban J connectivity index is 2.11. The van der Waals surface area contributed by atoms with Crippen molar-refractivity contribution in [3.8, 4) is 5.75 Å². The molecule has 0 aromatic heterocycles. The molecule has 2 aromatic carbocycles. The van der Waals surface area contributed by atoms with E-state index in [1.165, 1.54) is 37.3 Å². The van der Waals surface area contributed by atoms with Crippen molar-refractivity contribution in [3.63, 3.8) is 0 Å². The van der Waals surface area contributed by atoms with Gasteiger partial charge in [-0.2, -0.15) is 0 Å². The Labute approximate surface area is 179 Å². The number of carbonyl (C=O) groups is 2. The summed E-state index contributed by atoms with van der Waals surface area (Å²) in [7, 11) is 2.58. The maximum atomic E-state index is 13.4. The van der Waals surface area contributed by atoms with Crippen LogP contribution in [-0.2, 0) is 14.3 Å². The van der Waals surface area contributed by atoms with Gasteiger partial charge in [0.1, 0.15) is 0 Å². The molecule has 160 valence electrons. The molecule has 0 radical (unpaired) electrons. The normalized spacial score (nSPS) is 15.9. The number of methoxy groups -OCH3 is 2. The highest BCUT2D eigenvalue weighted by molar-refractivity contribution is 6.16. The van der Waals surface area contributed by atoms with Crippen molar-refractivity contribution in [2.45, 2.75) is 19.9 Å². The first-order chi connectivity index (χ1) is 14.8. The van der Waals surface area contributed by atoms with Crippen LogP contribution in [0.15, 0.2) is 65.4 Å². The Morgan fingerprint density at radius 2 is 1.84 bits per heavy atom. The summed E-state index contributed by atoms with van der Waals surface area (Å²) in [6.45, 7) is 3.55. The first kappa shape index (κ1) is 21.8. The number of ether oxygens (including phenoxy) is 2. The third kappa shape index (κ3) is 4.05. The van der Waals surface area contributed by atoms with Crippen LogP contribution in [0.5, 0.6) is 5.75 Å². The second-order valence-electron chi connectivity index (χ2n) is 6.96. The van der Waals surface area contributed by atoms with Crippen LogP contribution in [0, 0.1) is 10.1 Å². The van der Waals surface area contributed by atoms with Gasteiger partial charge >= 0.3 is 11.7 Å². The van der Waals surface area contributed by atoms with Crippen LogP contribution in [0.25, 0.3) is 6.08 Å². The van der Waals surface area contributed by atoms with Crippen molar-refractivity contribution >= 4 is 23.6 Å². The number of nitrogens with zero attached hydrogens (tertiary/aromatic N) is 2. The number of carbonyl (C=O) groups excluding carboxylic acids is 2. The largest absolute Gasteiger partial charge is 0.490 e. The molecule has 0 fully saturated rings. The Hall–Kier alpha value is -3.94. The molecule has 0 aliphatic carbocycles. The number of benzene rings is 2. The number of allylic oxidation sites excluding steroid dienone is 1. The lowest BCUT2D eigenvalue weighted by Crippen LogP contribution is -2.28. The number of esters is 1. The average molecular weight is 422 g/mol. The molecule has 0 spiro atoms. The summed E-state index contributed by atoms with van der Waals surface area (Å²) in [6, 6.07) is 13.4. The van der Waals surface area contributed by atoms with Crippen molar-refractivity contribution in [2.24, 2.45) is 0 Å². The lowest BCUT2D eigenvalue weighted by atomic mass is 10.0.